The number of rotatable bonds is 9. The molecule has 1 aliphatic carbocycles. The van der Waals surface area contributed by atoms with E-state index < -0.39 is 10.3 Å². The van der Waals surface area contributed by atoms with Crippen LogP contribution >= 0.6 is 22.9 Å². The van der Waals surface area contributed by atoms with E-state index >= 15 is 0 Å². The molecule has 1 aromatic carbocycles. The molecule has 2 aliphatic rings. The van der Waals surface area contributed by atoms with Crippen molar-refractivity contribution in [1.82, 2.24) is 15.3 Å². The van der Waals surface area contributed by atoms with Gasteiger partial charge in [-0.1, -0.05) is 23.7 Å². The monoisotopic (exact) mass is 561 g/mol. The summed E-state index contributed by atoms with van der Waals surface area (Å²) < 4.78 is 26.9. The van der Waals surface area contributed by atoms with Crippen molar-refractivity contribution in [3.8, 4) is 0 Å². The Hall–Kier alpha value is -2.41. The molecule has 3 aromatic rings. The third-order valence-electron chi connectivity index (χ3n) is 7.10. The third-order valence-corrected chi connectivity index (χ3v) is 8.72. The van der Waals surface area contributed by atoms with Crippen molar-refractivity contribution >= 4 is 44.8 Å². The number of carbonyl (C=O) groups excluding carboxylic acids is 1. The lowest BCUT2D eigenvalue weighted by molar-refractivity contribution is 0.104. The van der Waals surface area contributed by atoms with Crippen LogP contribution in [0.3, 0.4) is 0 Å². The Bertz CT molecular complexity index is 1390. The molecule has 1 aliphatic heterocycles. The Kier molecular flexibility index (Phi) is 7.62. The van der Waals surface area contributed by atoms with Crippen molar-refractivity contribution in [2.45, 2.75) is 43.7 Å². The average molecular weight is 562 g/mol. The van der Waals surface area contributed by atoms with E-state index in [4.69, 9.17) is 20.9 Å². The van der Waals surface area contributed by atoms with Gasteiger partial charge in [-0.25, -0.2) is 15.1 Å². The number of benzene rings is 1. The molecule has 3 atom stereocenters. The summed E-state index contributed by atoms with van der Waals surface area (Å²) >= 11 is 7.71. The van der Waals surface area contributed by atoms with Gasteiger partial charge in [0.25, 0.3) is 0 Å². The quantitative estimate of drug-likeness (QED) is 0.335. The minimum Gasteiger partial charge on any atom is -0.367 e. The maximum atomic E-state index is 13.6. The summed E-state index contributed by atoms with van der Waals surface area (Å²) in [6.07, 6.45) is 7.15. The molecule has 12 heteroatoms. The molecule has 2 fully saturated rings. The fourth-order valence-electron chi connectivity index (χ4n) is 5.32. The van der Waals surface area contributed by atoms with E-state index in [1.807, 2.05) is 29.6 Å². The maximum Gasteiger partial charge on any atom is 0.333 e. The Morgan fingerprint density at radius 1 is 1.30 bits per heavy atom. The van der Waals surface area contributed by atoms with E-state index in [9.17, 15) is 13.2 Å². The summed E-state index contributed by atoms with van der Waals surface area (Å²) in [5.41, 5.74) is 2.14. The molecule has 0 amide bonds. The van der Waals surface area contributed by atoms with Gasteiger partial charge in [0.2, 0.25) is 5.78 Å². The Balaban J connectivity index is 1.34. The lowest BCUT2D eigenvalue weighted by Crippen LogP contribution is -2.37. The largest absolute Gasteiger partial charge is 0.367 e. The summed E-state index contributed by atoms with van der Waals surface area (Å²) in [6.45, 7) is 0.934. The number of aromatic nitrogens is 2. The first-order valence-corrected chi connectivity index (χ1v) is 14.8. The number of nitrogens with two attached hydrogens (primary N) is 1. The highest BCUT2D eigenvalue weighted by Crippen LogP contribution is 2.41. The van der Waals surface area contributed by atoms with Crippen LogP contribution in [-0.2, 0) is 20.0 Å². The first-order chi connectivity index (χ1) is 17.7. The highest BCUT2D eigenvalue weighted by atomic mass is 35.5. The summed E-state index contributed by atoms with van der Waals surface area (Å²) in [4.78, 5) is 22.6. The molecule has 1 saturated carbocycles. The van der Waals surface area contributed by atoms with Gasteiger partial charge < -0.3 is 10.6 Å². The minimum absolute atomic E-state index is 0.0308. The van der Waals surface area contributed by atoms with Crippen molar-refractivity contribution in [1.29, 1.82) is 0 Å². The predicted molar refractivity (Wildman–Crippen MR) is 143 cm³/mol. The van der Waals surface area contributed by atoms with Gasteiger partial charge in [-0.05, 0) is 79.3 Å². The molecule has 196 valence electrons. The summed E-state index contributed by atoms with van der Waals surface area (Å²) in [6, 6.07) is 9.85. The molecule has 0 radical (unpaired) electrons. The second-order valence-electron chi connectivity index (χ2n) is 9.56. The van der Waals surface area contributed by atoms with E-state index in [-0.39, 0.29) is 29.9 Å². The first-order valence-electron chi connectivity index (χ1n) is 12.1. The second kappa shape index (κ2) is 10.8. The molecule has 3 heterocycles. The van der Waals surface area contributed by atoms with E-state index in [2.05, 4.69) is 26.7 Å². The van der Waals surface area contributed by atoms with Crippen LogP contribution < -0.4 is 15.8 Å². The second-order valence-corrected chi connectivity index (χ2v) is 12.1. The number of nitrogens with zero attached hydrogens (tertiary/aromatic N) is 2. The number of hydrogen-bond donors (Lipinski definition) is 3. The van der Waals surface area contributed by atoms with Crippen molar-refractivity contribution < 1.29 is 17.4 Å². The first kappa shape index (κ1) is 26.2. The number of anilines is 1. The highest BCUT2D eigenvalue weighted by Gasteiger charge is 2.38. The van der Waals surface area contributed by atoms with Crippen LogP contribution in [0.15, 0.2) is 48.2 Å². The average Bonchev–Trinajstić information content (AvgIpc) is 3.63. The number of halogens is 1. The molecule has 2 aromatic heterocycles. The van der Waals surface area contributed by atoms with Crippen LogP contribution in [-0.4, -0.2) is 43.4 Å². The zero-order valence-electron chi connectivity index (χ0n) is 20.0. The van der Waals surface area contributed by atoms with Crippen LogP contribution in [0.25, 0.3) is 0 Å². The smallest absolute Gasteiger partial charge is 0.333 e. The standard InChI is InChI=1S/C25H28ClN5O4S2/c26-19-4-1-3-17(10-19)25(7-2-8-30-25)18-11-22(36-14-18)23(32)21-12-28-15-29-24(21)31-20-6-5-16(9-20)13-35-37(27,33)34/h1,3-4,10-12,14-16,20,30H,2,5-9,13H2,(H2,27,33,34)(H,28,29,31)/t16-,20+,25?/m1/s1. The van der Waals surface area contributed by atoms with Crippen molar-refractivity contribution in [3.05, 3.63) is 74.8 Å². The molecule has 9 nitrogen and oxygen atoms in total. The predicted octanol–water partition coefficient (Wildman–Crippen LogP) is 3.85. The molecular formula is C25H28ClN5O4S2. The van der Waals surface area contributed by atoms with Crippen LogP contribution in [0, 0.1) is 5.92 Å². The molecule has 4 N–H and O–H groups in total. The number of thiophene rings is 1. The van der Waals surface area contributed by atoms with Crippen LogP contribution in [0.5, 0.6) is 0 Å². The summed E-state index contributed by atoms with van der Waals surface area (Å²) in [5, 5.41) is 14.7. The van der Waals surface area contributed by atoms with Gasteiger partial charge in [0.05, 0.1) is 22.6 Å². The van der Waals surface area contributed by atoms with E-state index in [1.165, 1.54) is 23.9 Å². The molecular weight excluding hydrogens is 534 g/mol. The number of hydrogen-bond acceptors (Lipinski definition) is 9. The molecule has 5 rings (SSSR count). The van der Waals surface area contributed by atoms with Crippen molar-refractivity contribution in [2.24, 2.45) is 11.1 Å². The van der Waals surface area contributed by atoms with Gasteiger partial charge in [0, 0.05) is 17.3 Å². The number of carbonyl (C=O) groups is 1. The van der Waals surface area contributed by atoms with Crippen molar-refractivity contribution in [2.75, 3.05) is 18.5 Å². The topological polar surface area (TPSA) is 136 Å². The van der Waals surface area contributed by atoms with Crippen LogP contribution in [0.2, 0.25) is 5.02 Å². The maximum absolute atomic E-state index is 13.6. The van der Waals surface area contributed by atoms with E-state index in [0.29, 0.717) is 27.7 Å². The van der Waals surface area contributed by atoms with E-state index in [0.717, 1.165) is 43.4 Å². The van der Waals surface area contributed by atoms with Gasteiger partial charge in [-0.15, -0.1) is 11.3 Å². The van der Waals surface area contributed by atoms with Gasteiger partial charge in [0.1, 0.15) is 12.1 Å². The van der Waals surface area contributed by atoms with Crippen LogP contribution in [0.1, 0.15) is 58.5 Å². The minimum atomic E-state index is -3.96. The zero-order valence-corrected chi connectivity index (χ0v) is 22.4. The summed E-state index contributed by atoms with van der Waals surface area (Å²) in [7, 11) is -3.96. The normalized spacial score (nSPS) is 23.8. The lowest BCUT2D eigenvalue weighted by atomic mass is 9.83. The lowest BCUT2D eigenvalue weighted by Gasteiger charge is -2.30. The fraction of sp³-hybridized carbons (Fsp3) is 0.400. The van der Waals surface area contributed by atoms with Crippen LogP contribution in [0.4, 0.5) is 5.82 Å². The zero-order chi connectivity index (χ0) is 26.0. The van der Waals surface area contributed by atoms with Gasteiger partial charge >= 0.3 is 10.3 Å². The van der Waals surface area contributed by atoms with E-state index in [1.54, 1.807) is 0 Å². The highest BCUT2D eigenvalue weighted by molar-refractivity contribution is 7.84. The van der Waals surface area contributed by atoms with Gasteiger partial charge in [0.15, 0.2) is 0 Å². The third kappa shape index (κ3) is 5.87. The SMILES string of the molecule is NS(=O)(=O)OC[C@@H]1CC[C@H](Nc2ncncc2C(=O)c2cc(C3(c4cccc(Cl)c4)CCCN3)cs2)C1. The molecule has 1 unspecified atom stereocenters. The van der Waals surface area contributed by atoms with Gasteiger partial charge in [-0.2, -0.15) is 8.42 Å². The number of ketones is 1. The molecule has 0 bridgehead atoms. The molecule has 0 spiro atoms. The molecule has 37 heavy (non-hydrogen) atoms. The number of nitrogens with one attached hydrogen (secondary N) is 2. The molecule has 1 saturated heterocycles. The van der Waals surface area contributed by atoms with Crippen molar-refractivity contribution in [3.63, 3.8) is 0 Å². The fourth-order valence-corrected chi connectivity index (χ4v) is 6.83. The summed E-state index contributed by atoms with van der Waals surface area (Å²) in [5.74, 6) is 0.375. The van der Waals surface area contributed by atoms with Gasteiger partial charge in [-0.3, -0.25) is 8.98 Å². The Morgan fingerprint density at radius 3 is 2.92 bits per heavy atom. The Morgan fingerprint density at radius 2 is 2.16 bits per heavy atom. The Labute approximate surface area is 225 Å².